The predicted molar refractivity (Wildman–Crippen MR) is 110 cm³/mol. The van der Waals surface area contributed by atoms with Crippen LogP contribution in [0.4, 0.5) is 0 Å². The highest BCUT2D eigenvalue weighted by atomic mass is 35.5. The van der Waals surface area contributed by atoms with Crippen molar-refractivity contribution in [2.45, 2.75) is 135 Å². The van der Waals surface area contributed by atoms with E-state index in [-0.39, 0.29) is 5.97 Å². The van der Waals surface area contributed by atoms with E-state index in [0.29, 0.717) is 6.42 Å². The summed E-state index contributed by atoms with van der Waals surface area (Å²) in [6.45, 7) is 2.28. The summed E-state index contributed by atoms with van der Waals surface area (Å²) in [5.74, 6) is -0.298. The van der Waals surface area contributed by atoms with E-state index in [4.69, 9.17) is 11.9 Å². The minimum absolute atomic E-state index is 0.298. The standard InChI is InChI=1S/C22H43ClO2/c1-2-3-4-5-6-7-8-9-10-11-12-13-14-15-16-17-18-19-20-21-22(24)25-23/h2-21H2,1H3. The van der Waals surface area contributed by atoms with Gasteiger partial charge >= 0.3 is 5.97 Å². The Morgan fingerprint density at radius 1 is 0.560 bits per heavy atom. The zero-order valence-corrected chi connectivity index (χ0v) is 17.6. The average molecular weight is 375 g/mol. The Hall–Kier alpha value is -0.240. The molecule has 150 valence electrons. The third kappa shape index (κ3) is 21.7. The zero-order chi connectivity index (χ0) is 18.4. The number of hydrogen-bond donors (Lipinski definition) is 0. The van der Waals surface area contributed by atoms with E-state index in [1.807, 2.05) is 0 Å². The molecule has 3 heteroatoms. The third-order valence-electron chi connectivity index (χ3n) is 5.07. The Labute approximate surface area is 162 Å². The Morgan fingerprint density at radius 2 is 0.840 bits per heavy atom. The fraction of sp³-hybridized carbons (Fsp3) is 0.955. The van der Waals surface area contributed by atoms with Gasteiger partial charge < -0.3 is 4.29 Å². The predicted octanol–water partition coefficient (Wildman–Crippen LogP) is 8.51. The summed E-state index contributed by atoms with van der Waals surface area (Å²) in [5.41, 5.74) is 0. The first kappa shape index (κ1) is 24.8. The lowest BCUT2D eigenvalue weighted by atomic mass is 10.0. The van der Waals surface area contributed by atoms with Gasteiger partial charge in [-0.25, -0.2) is 0 Å². The molecule has 0 saturated heterocycles. The summed E-state index contributed by atoms with van der Waals surface area (Å²) in [6, 6.07) is 0. The number of carbonyl (C=O) groups is 1. The molecule has 0 fully saturated rings. The maximum absolute atomic E-state index is 10.8. The highest BCUT2D eigenvalue weighted by molar-refractivity contribution is 6.13. The minimum Gasteiger partial charge on any atom is -0.348 e. The van der Waals surface area contributed by atoms with Crippen LogP contribution in [-0.4, -0.2) is 5.97 Å². The highest BCUT2D eigenvalue weighted by Gasteiger charge is 2.00. The summed E-state index contributed by atoms with van der Waals surface area (Å²) in [5, 5.41) is 0. The van der Waals surface area contributed by atoms with Crippen molar-refractivity contribution in [3.05, 3.63) is 0 Å². The molecule has 0 atom stereocenters. The summed E-state index contributed by atoms with van der Waals surface area (Å²) in [7, 11) is 0. The van der Waals surface area contributed by atoms with Crippen LogP contribution in [0.2, 0.25) is 0 Å². The molecular weight excluding hydrogens is 332 g/mol. The van der Waals surface area contributed by atoms with Gasteiger partial charge in [0.15, 0.2) is 0 Å². The first-order chi connectivity index (χ1) is 12.3. The molecule has 0 aliphatic rings. The Morgan fingerprint density at radius 3 is 1.12 bits per heavy atom. The molecular formula is C22H43ClO2. The molecule has 0 aromatic carbocycles. The number of carbonyl (C=O) groups excluding carboxylic acids is 1. The summed E-state index contributed by atoms with van der Waals surface area (Å²) < 4.78 is 4.12. The van der Waals surface area contributed by atoms with Crippen LogP contribution >= 0.6 is 11.9 Å². The normalized spacial score (nSPS) is 11.0. The highest BCUT2D eigenvalue weighted by Crippen LogP contribution is 2.14. The van der Waals surface area contributed by atoms with E-state index in [1.165, 1.54) is 109 Å². The molecule has 0 bridgehead atoms. The second-order valence-corrected chi connectivity index (χ2v) is 7.72. The van der Waals surface area contributed by atoms with Gasteiger partial charge in [0, 0.05) is 6.42 Å². The van der Waals surface area contributed by atoms with Gasteiger partial charge in [0.25, 0.3) is 0 Å². The molecule has 0 aliphatic carbocycles. The maximum atomic E-state index is 10.8. The van der Waals surface area contributed by atoms with E-state index < -0.39 is 0 Å². The van der Waals surface area contributed by atoms with Crippen LogP contribution in [0.25, 0.3) is 0 Å². The monoisotopic (exact) mass is 374 g/mol. The fourth-order valence-corrected chi connectivity index (χ4v) is 3.46. The van der Waals surface area contributed by atoms with Crippen molar-refractivity contribution in [1.82, 2.24) is 0 Å². The van der Waals surface area contributed by atoms with Gasteiger partial charge in [-0.2, -0.15) is 0 Å². The summed E-state index contributed by atoms with van der Waals surface area (Å²) in [4.78, 5) is 10.8. The van der Waals surface area contributed by atoms with Crippen molar-refractivity contribution >= 4 is 17.8 Å². The van der Waals surface area contributed by atoms with Crippen molar-refractivity contribution < 1.29 is 9.08 Å². The lowest BCUT2D eigenvalue weighted by molar-refractivity contribution is -0.134. The van der Waals surface area contributed by atoms with Gasteiger partial charge in [0.2, 0.25) is 0 Å². The van der Waals surface area contributed by atoms with Gasteiger partial charge in [0.1, 0.15) is 11.9 Å². The number of halogens is 1. The van der Waals surface area contributed by atoms with Gasteiger partial charge in [0.05, 0.1) is 0 Å². The molecule has 0 N–H and O–H groups in total. The molecule has 0 saturated carbocycles. The smallest absolute Gasteiger partial charge is 0.324 e. The molecule has 0 aromatic rings. The van der Waals surface area contributed by atoms with E-state index in [1.54, 1.807) is 0 Å². The van der Waals surface area contributed by atoms with Crippen LogP contribution in [0.5, 0.6) is 0 Å². The van der Waals surface area contributed by atoms with Crippen molar-refractivity contribution in [1.29, 1.82) is 0 Å². The topological polar surface area (TPSA) is 26.3 Å². The van der Waals surface area contributed by atoms with E-state index >= 15 is 0 Å². The molecule has 0 radical (unpaired) electrons. The molecule has 0 amide bonds. The van der Waals surface area contributed by atoms with Crippen molar-refractivity contribution in [2.75, 3.05) is 0 Å². The van der Waals surface area contributed by atoms with Crippen molar-refractivity contribution in [3.8, 4) is 0 Å². The zero-order valence-electron chi connectivity index (χ0n) is 16.8. The molecule has 0 heterocycles. The molecule has 2 nitrogen and oxygen atoms in total. The SMILES string of the molecule is CCCCCCCCCCCCCCCCCCCCCC(=O)OCl. The maximum Gasteiger partial charge on any atom is 0.324 e. The Kier molecular flexibility index (Phi) is 21.6. The third-order valence-corrected chi connectivity index (χ3v) is 5.24. The lowest BCUT2D eigenvalue weighted by Crippen LogP contribution is -1.95. The fourth-order valence-electron chi connectivity index (χ4n) is 3.39. The largest absolute Gasteiger partial charge is 0.348 e. The van der Waals surface area contributed by atoms with Crippen LogP contribution in [0.1, 0.15) is 135 Å². The molecule has 0 spiro atoms. The van der Waals surface area contributed by atoms with Gasteiger partial charge in [-0.05, 0) is 6.42 Å². The van der Waals surface area contributed by atoms with Crippen LogP contribution in [0, 0.1) is 0 Å². The number of hydrogen-bond acceptors (Lipinski definition) is 2. The quantitative estimate of drug-likeness (QED) is 0.199. The molecule has 0 aromatic heterocycles. The van der Waals surface area contributed by atoms with Crippen LogP contribution in [-0.2, 0) is 9.08 Å². The Balaban J connectivity index is 2.99. The van der Waals surface area contributed by atoms with Gasteiger partial charge in [-0.1, -0.05) is 122 Å². The van der Waals surface area contributed by atoms with Crippen LogP contribution < -0.4 is 0 Å². The first-order valence-electron chi connectivity index (χ1n) is 11.1. The molecule has 0 rings (SSSR count). The first-order valence-corrected chi connectivity index (χ1v) is 11.4. The molecule has 25 heavy (non-hydrogen) atoms. The second kappa shape index (κ2) is 21.8. The number of unbranched alkanes of at least 4 members (excludes halogenated alkanes) is 18. The second-order valence-electron chi connectivity index (χ2n) is 7.56. The van der Waals surface area contributed by atoms with Gasteiger partial charge in [-0.15, -0.1) is 0 Å². The molecule has 0 aliphatic heterocycles. The average Bonchev–Trinajstić information content (AvgIpc) is 2.63. The van der Waals surface area contributed by atoms with Gasteiger partial charge in [-0.3, -0.25) is 4.79 Å². The van der Waals surface area contributed by atoms with E-state index in [0.717, 1.165) is 12.8 Å². The van der Waals surface area contributed by atoms with E-state index in [2.05, 4.69) is 11.2 Å². The molecule has 0 unspecified atom stereocenters. The van der Waals surface area contributed by atoms with Crippen molar-refractivity contribution in [3.63, 3.8) is 0 Å². The summed E-state index contributed by atoms with van der Waals surface area (Å²) >= 11 is 4.99. The van der Waals surface area contributed by atoms with Crippen LogP contribution in [0.3, 0.4) is 0 Å². The van der Waals surface area contributed by atoms with E-state index in [9.17, 15) is 4.79 Å². The van der Waals surface area contributed by atoms with Crippen LogP contribution in [0.15, 0.2) is 0 Å². The minimum atomic E-state index is -0.298. The lowest BCUT2D eigenvalue weighted by Gasteiger charge is -2.04. The Bertz CT molecular complexity index is 269. The van der Waals surface area contributed by atoms with Crippen molar-refractivity contribution in [2.24, 2.45) is 0 Å². The summed E-state index contributed by atoms with van der Waals surface area (Å²) in [6.07, 6.45) is 26.3. The number of rotatable bonds is 20.